The van der Waals surface area contributed by atoms with Crippen molar-refractivity contribution in [1.29, 1.82) is 0 Å². The summed E-state index contributed by atoms with van der Waals surface area (Å²) in [4.78, 5) is 31.8. The van der Waals surface area contributed by atoms with Crippen molar-refractivity contribution < 1.29 is 23.1 Å². The number of hydrogen-bond acceptors (Lipinski definition) is 6. The first-order valence-electron chi connectivity index (χ1n) is 9.94. The van der Waals surface area contributed by atoms with Crippen molar-refractivity contribution in [3.63, 3.8) is 0 Å². The molecule has 7 nitrogen and oxygen atoms in total. The van der Waals surface area contributed by atoms with Crippen LogP contribution in [0.1, 0.15) is 0 Å². The van der Waals surface area contributed by atoms with Gasteiger partial charge in [0, 0.05) is 48.0 Å². The molecule has 0 unspecified atom stereocenters. The van der Waals surface area contributed by atoms with Gasteiger partial charge in [-0.25, -0.2) is 9.29 Å². The highest BCUT2D eigenvalue weighted by molar-refractivity contribution is 7.97. The number of benzene rings is 1. The van der Waals surface area contributed by atoms with Gasteiger partial charge >= 0.3 is 6.61 Å². The number of pyridine rings is 1. The van der Waals surface area contributed by atoms with E-state index < -0.39 is 17.8 Å². The summed E-state index contributed by atoms with van der Waals surface area (Å²) in [5, 5.41) is -0.776. The van der Waals surface area contributed by atoms with Crippen LogP contribution in [0.5, 0.6) is 5.88 Å². The van der Waals surface area contributed by atoms with Crippen molar-refractivity contribution in [2.24, 2.45) is 0 Å². The summed E-state index contributed by atoms with van der Waals surface area (Å²) >= 11 is 1.45. The second-order valence-electron chi connectivity index (χ2n) is 7.26. The van der Waals surface area contributed by atoms with Crippen LogP contribution in [0.2, 0.25) is 0 Å². The van der Waals surface area contributed by atoms with Gasteiger partial charge in [-0.1, -0.05) is 17.9 Å². The maximum absolute atomic E-state index is 12.7. The first-order valence-corrected chi connectivity index (χ1v) is 10.7. The number of alkyl halides is 2. The van der Waals surface area contributed by atoms with Gasteiger partial charge in [-0.05, 0) is 36.2 Å². The molecule has 3 rings (SSSR count). The van der Waals surface area contributed by atoms with Crippen molar-refractivity contribution in [3.8, 4) is 5.88 Å². The van der Waals surface area contributed by atoms with Crippen LogP contribution >= 0.6 is 11.9 Å². The summed E-state index contributed by atoms with van der Waals surface area (Å²) in [5.41, 5.74) is 0. The third-order valence-corrected chi connectivity index (χ3v) is 6.13. The van der Waals surface area contributed by atoms with Gasteiger partial charge in [0.05, 0.1) is 30.1 Å². The van der Waals surface area contributed by atoms with E-state index in [-0.39, 0.29) is 18.3 Å². The number of carbonyl (C=O) groups excluding carboxylic acids is 2. The predicted octanol–water partition coefficient (Wildman–Crippen LogP) is 1.12. The monoisotopic (exact) mass is 466 g/mol. The standard InChI is InChI=1S/C20H19B3F2N4O3S/c1-2-16(30)29(20(21,22)23)12-17(31)27-8-10-28(11-9-27)33-15-5-3-4-14-13(15)6-7-26-18(14)32-19(24)25/h2-7,19H,1,8-12H2. The highest BCUT2D eigenvalue weighted by atomic mass is 32.2. The topological polar surface area (TPSA) is 66.0 Å². The van der Waals surface area contributed by atoms with Gasteiger partial charge in [-0.15, -0.1) is 0 Å². The van der Waals surface area contributed by atoms with Crippen LogP contribution in [0.4, 0.5) is 8.78 Å². The van der Waals surface area contributed by atoms with E-state index in [4.69, 9.17) is 23.5 Å². The Bertz CT molecular complexity index is 1030. The second-order valence-corrected chi connectivity index (χ2v) is 8.40. The molecule has 1 saturated heterocycles. The molecule has 1 fully saturated rings. The highest BCUT2D eigenvalue weighted by Gasteiger charge is 2.29. The lowest BCUT2D eigenvalue weighted by molar-refractivity contribution is -0.139. The predicted molar refractivity (Wildman–Crippen MR) is 124 cm³/mol. The Labute approximate surface area is 198 Å². The fourth-order valence-corrected chi connectivity index (χ4v) is 4.37. The third-order valence-electron chi connectivity index (χ3n) is 4.95. The number of carbonyl (C=O) groups is 2. The molecule has 0 aliphatic carbocycles. The Kier molecular flexibility index (Phi) is 8.07. The second kappa shape index (κ2) is 10.6. The summed E-state index contributed by atoms with van der Waals surface area (Å²) in [7, 11) is 16.8. The molecule has 0 atom stereocenters. The fourth-order valence-electron chi connectivity index (χ4n) is 3.33. The molecule has 1 aliphatic rings. The quantitative estimate of drug-likeness (QED) is 0.331. The molecule has 2 aromatic rings. The molecule has 2 amide bonds. The lowest BCUT2D eigenvalue weighted by atomic mass is 9.48. The van der Waals surface area contributed by atoms with Crippen LogP contribution in [0.3, 0.4) is 0 Å². The minimum atomic E-state index is -2.97. The molecular weight excluding hydrogens is 447 g/mol. The molecule has 0 saturated carbocycles. The molecule has 0 N–H and O–H groups in total. The van der Waals surface area contributed by atoms with Crippen molar-refractivity contribution in [2.75, 3.05) is 32.7 Å². The van der Waals surface area contributed by atoms with Gasteiger partial charge in [0.15, 0.2) is 0 Å². The number of fused-ring (bicyclic) bond motifs is 1. The zero-order valence-corrected chi connectivity index (χ0v) is 18.5. The molecular formula is C20H19B3F2N4O3S. The van der Waals surface area contributed by atoms with E-state index in [0.717, 1.165) is 21.3 Å². The van der Waals surface area contributed by atoms with Crippen LogP contribution in [0.25, 0.3) is 10.8 Å². The number of nitrogens with zero attached hydrogens (tertiary/aromatic N) is 4. The van der Waals surface area contributed by atoms with E-state index in [2.05, 4.69) is 20.6 Å². The van der Waals surface area contributed by atoms with Crippen molar-refractivity contribution in [1.82, 2.24) is 19.1 Å². The highest BCUT2D eigenvalue weighted by Crippen LogP contribution is 2.34. The normalized spacial score (nSPS) is 14.9. The Morgan fingerprint density at radius 3 is 2.52 bits per heavy atom. The van der Waals surface area contributed by atoms with Gasteiger partial charge < -0.3 is 14.5 Å². The van der Waals surface area contributed by atoms with Crippen LogP contribution in [0.15, 0.2) is 48.0 Å². The van der Waals surface area contributed by atoms with Crippen molar-refractivity contribution >= 4 is 58.1 Å². The summed E-state index contributed by atoms with van der Waals surface area (Å²) in [6, 6.07) is 7.02. The molecule has 1 aliphatic heterocycles. The van der Waals surface area contributed by atoms with E-state index in [0.29, 0.717) is 31.6 Å². The maximum atomic E-state index is 12.7. The van der Waals surface area contributed by atoms with Gasteiger partial charge in [-0.2, -0.15) is 8.78 Å². The van der Waals surface area contributed by atoms with Gasteiger partial charge in [0.1, 0.15) is 0 Å². The molecule has 166 valence electrons. The van der Waals surface area contributed by atoms with E-state index in [9.17, 15) is 18.4 Å². The van der Waals surface area contributed by atoms with Crippen LogP contribution in [-0.2, 0) is 9.59 Å². The zero-order valence-electron chi connectivity index (χ0n) is 17.7. The molecule has 13 heteroatoms. The Morgan fingerprint density at radius 1 is 1.21 bits per heavy atom. The van der Waals surface area contributed by atoms with Gasteiger partial charge in [-0.3, -0.25) is 9.59 Å². The van der Waals surface area contributed by atoms with E-state index in [1.165, 1.54) is 18.1 Å². The summed E-state index contributed by atoms with van der Waals surface area (Å²) in [6.45, 7) is 1.90. The van der Waals surface area contributed by atoms with E-state index in [1.807, 2.05) is 6.07 Å². The lowest BCUT2D eigenvalue weighted by Gasteiger charge is -2.39. The Balaban J connectivity index is 1.64. The largest absolute Gasteiger partial charge is 0.416 e. The molecule has 2 heterocycles. The number of aromatic nitrogens is 1. The molecule has 1 aromatic heterocycles. The molecule has 6 radical (unpaired) electrons. The number of ether oxygens (including phenoxy) is 1. The zero-order chi connectivity index (χ0) is 24.2. The number of halogens is 2. The van der Waals surface area contributed by atoms with Gasteiger partial charge in [0.25, 0.3) is 0 Å². The average molecular weight is 466 g/mol. The van der Waals surface area contributed by atoms with Crippen LogP contribution < -0.4 is 4.74 Å². The van der Waals surface area contributed by atoms with Crippen molar-refractivity contribution in [2.45, 2.75) is 16.7 Å². The molecule has 0 bridgehead atoms. The number of hydrogen-bond donors (Lipinski definition) is 0. The lowest BCUT2D eigenvalue weighted by Crippen LogP contribution is -2.58. The van der Waals surface area contributed by atoms with E-state index >= 15 is 0 Å². The number of amides is 2. The first kappa shape index (κ1) is 25.1. The summed E-state index contributed by atoms with van der Waals surface area (Å²) in [5.74, 6) is -1.12. The van der Waals surface area contributed by atoms with E-state index in [1.54, 1.807) is 23.1 Å². The fraction of sp³-hybridized carbons (Fsp3) is 0.350. The maximum Gasteiger partial charge on any atom is 0.388 e. The van der Waals surface area contributed by atoms with Crippen LogP contribution in [0, 0.1) is 0 Å². The van der Waals surface area contributed by atoms with Gasteiger partial charge in [0.2, 0.25) is 17.7 Å². The third kappa shape index (κ3) is 6.29. The number of rotatable bonds is 8. The summed E-state index contributed by atoms with van der Waals surface area (Å²) in [6.07, 6.45) is 2.41. The smallest absolute Gasteiger partial charge is 0.388 e. The molecule has 0 spiro atoms. The Morgan fingerprint density at radius 2 is 1.91 bits per heavy atom. The molecule has 1 aromatic carbocycles. The molecule has 33 heavy (non-hydrogen) atoms. The average Bonchev–Trinajstić information content (AvgIpc) is 2.77. The first-order chi connectivity index (χ1) is 15.6. The SMILES string of the molecule is [B]C([B])([B])N(CC(=O)N1CCN(Sc2cccc3c(OC(F)F)nccc23)CC1)C(=O)C=C. The minimum Gasteiger partial charge on any atom is -0.416 e. The summed E-state index contributed by atoms with van der Waals surface area (Å²) < 4.78 is 31.9. The van der Waals surface area contributed by atoms with Crippen LogP contribution in [-0.4, -0.2) is 99.0 Å². The number of piperazine rings is 1. The van der Waals surface area contributed by atoms with Crippen molar-refractivity contribution in [3.05, 3.63) is 43.1 Å². The minimum absolute atomic E-state index is 0.130. The Hall–Kier alpha value is -2.53.